The van der Waals surface area contributed by atoms with E-state index in [4.69, 9.17) is 17.3 Å². The van der Waals surface area contributed by atoms with E-state index in [2.05, 4.69) is 25.6 Å². The Morgan fingerprint density at radius 1 is 1.12 bits per heavy atom. The Hall–Kier alpha value is -3.19. The third-order valence-electron chi connectivity index (χ3n) is 3.87. The largest absolute Gasteiger partial charge is 0.393 e. The number of nitrogens with one attached hydrogen (secondary N) is 1. The van der Waals surface area contributed by atoms with Gasteiger partial charge < -0.3 is 11.1 Å². The molecule has 3 N–H and O–H groups in total. The Balaban J connectivity index is 1.79. The van der Waals surface area contributed by atoms with Crippen molar-refractivity contribution in [3.63, 3.8) is 0 Å². The van der Waals surface area contributed by atoms with Crippen molar-refractivity contribution in [1.82, 2.24) is 25.0 Å². The van der Waals surface area contributed by atoms with E-state index in [1.165, 1.54) is 6.33 Å². The average molecular weight is 352 g/mol. The number of rotatable bonds is 3. The highest BCUT2D eigenvalue weighted by atomic mass is 35.5. The lowest BCUT2D eigenvalue weighted by atomic mass is 10.2. The van der Waals surface area contributed by atoms with Gasteiger partial charge >= 0.3 is 0 Å². The number of hydrogen-bond donors (Lipinski definition) is 2. The molecule has 2 aromatic heterocycles. The molecule has 0 aliphatic heterocycles. The van der Waals surface area contributed by atoms with E-state index in [0.717, 1.165) is 22.3 Å². The third-order valence-corrected chi connectivity index (χ3v) is 4.10. The molecular formula is C17H14ClN7. The minimum atomic E-state index is 0.373. The summed E-state index contributed by atoms with van der Waals surface area (Å²) in [6.45, 7) is 1.97. The van der Waals surface area contributed by atoms with Crippen molar-refractivity contribution in [3.8, 4) is 5.82 Å². The number of aromatic nitrogens is 5. The number of para-hydroxylation sites is 1. The Morgan fingerprint density at radius 3 is 2.84 bits per heavy atom. The highest BCUT2D eigenvalue weighted by Crippen LogP contribution is 2.29. The maximum Gasteiger partial charge on any atom is 0.184 e. The van der Waals surface area contributed by atoms with Gasteiger partial charge in [0.05, 0.1) is 5.52 Å². The maximum absolute atomic E-state index is 6.29. The molecule has 2 heterocycles. The second kappa shape index (κ2) is 6.03. The van der Waals surface area contributed by atoms with Crippen LogP contribution in [0.4, 0.5) is 17.2 Å². The Labute approximate surface area is 148 Å². The van der Waals surface area contributed by atoms with Crippen LogP contribution < -0.4 is 11.1 Å². The lowest BCUT2D eigenvalue weighted by molar-refractivity contribution is 0.800. The normalized spacial score (nSPS) is 11.0. The van der Waals surface area contributed by atoms with Crippen LogP contribution in [0.25, 0.3) is 16.9 Å². The predicted molar refractivity (Wildman–Crippen MR) is 98.3 cm³/mol. The van der Waals surface area contributed by atoms with Crippen molar-refractivity contribution in [1.29, 1.82) is 0 Å². The molecule has 0 aliphatic carbocycles. The van der Waals surface area contributed by atoms with E-state index in [0.29, 0.717) is 22.3 Å². The van der Waals surface area contributed by atoms with Gasteiger partial charge in [-0.2, -0.15) is 4.68 Å². The Kier molecular flexibility index (Phi) is 3.70. The van der Waals surface area contributed by atoms with Crippen molar-refractivity contribution < 1.29 is 0 Å². The molecule has 0 atom stereocenters. The zero-order valence-electron chi connectivity index (χ0n) is 13.3. The second-order valence-electron chi connectivity index (χ2n) is 5.53. The number of nitrogens with two attached hydrogens (primary N) is 1. The zero-order valence-corrected chi connectivity index (χ0v) is 14.1. The standard InChI is InChI=1S/C17H14ClN7/c1-10-6-7-11(18)8-13(10)22-16-15(19)17(21-9-20-16)25-14-5-3-2-4-12(14)23-24-25/h2-9H,19H2,1H3,(H,20,21,22). The number of benzene rings is 2. The first-order valence-corrected chi connectivity index (χ1v) is 7.96. The summed E-state index contributed by atoms with van der Waals surface area (Å²) < 4.78 is 1.60. The first-order valence-electron chi connectivity index (χ1n) is 7.58. The molecule has 0 bridgehead atoms. The molecule has 0 radical (unpaired) electrons. The Morgan fingerprint density at radius 2 is 1.96 bits per heavy atom. The van der Waals surface area contributed by atoms with E-state index in [-0.39, 0.29) is 0 Å². The monoisotopic (exact) mass is 351 g/mol. The molecule has 0 spiro atoms. The number of nitrogen functional groups attached to an aromatic ring is 1. The summed E-state index contributed by atoms with van der Waals surface area (Å²) in [5, 5.41) is 12.1. The van der Waals surface area contributed by atoms with E-state index in [1.807, 2.05) is 49.4 Å². The lowest BCUT2D eigenvalue weighted by Gasteiger charge is -2.13. The van der Waals surface area contributed by atoms with Gasteiger partial charge in [0.2, 0.25) is 0 Å². The summed E-state index contributed by atoms with van der Waals surface area (Å²) in [7, 11) is 0. The first kappa shape index (κ1) is 15.3. The van der Waals surface area contributed by atoms with Crippen LogP contribution in [0, 0.1) is 6.92 Å². The number of hydrogen-bond acceptors (Lipinski definition) is 6. The summed E-state index contributed by atoms with van der Waals surface area (Å²) >= 11 is 6.07. The van der Waals surface area contributed by atoms with Gasteiger partial charge in [-0.1, -0.05) is 35.0 Å². The highest BCUT2D eigenvalue weighted by molar-refractivity contribution is 6.30. The van der Waals surface area contributed by atoms with Gasteiger partial charge in [-0.15, -0.1) is 5.10 Å². The maximum atomic E-state index is 6.29. The van der Waals surface area contributed by atoms with Gasteiger partial charge in [0.15, 0.2) is 11.6 Å². The molecule has 0 saturated carbocycles. The molecule has 0 amide bonds. The summed E-state index contributed by atoms with van der Waals surface area (Å²) in [6.07, 6.45) is 1.43. The fraction of sp³-hybridized carbons (Fsp3) is 0.0588. The smallest absolute Gasteiger partial charge is 0.184 e. The van der Waals surface area contributed by atoms with Crippen LogP contribution >= 0.6 is 11.6 Å². The van der Waals surface area contributed by atoms with Crippen LogP contribution in [-0.2, 0) is 0 Å². The summed E-state index contributed by atoms with van der Waals surface area (Å²) in [4.78, 5) is 8.51. The van der Waals surface area contributed by atoms with Gasteiger partial charge in [-0.05, 0) is 36.8 Å². The van der Waals surface area contributed by atoms with Crippen molar-refractivity contribution in [3.05, 3.63) is 59.4 Å². The molecule has 7 nitrogen and oxygen atoms in total. The molecule has 124 valence electrons. The first-order chi connectivity index (χ1) is 12.1. The molecule has 0 fully saturated rings. The number of nitrogens with zero attached hydrogens (tertiary/aromatic N) is 5. The summed E-state index contributed by atoms with van der Waals surface area (Å²) in [6, 6.07) is 13.2. The van der Waals surface area contributed by atoms with Crippen molar-refractivity contribution in [2.24, 2.45) is 0 Å². The molecular weight excluding hydrogens is 338 g/mol. The van der Waals surface area contributed by atoms with Crippen molar-refractivity contribution >= 4 is 39.8 Å². The molecule has 0 aliphatic rings. The summed E-state index contributed by atoms with van der Waals surface area (Å²) in [5.74, 6) is 0.945. The van der Waals surface area contributed by atoms with Crippen LogP contribution in [0.5, 0.6) is 0 Å². The van der Waals surface area contributed by atoms with Crippen LogP contribution in [-0.4, -0.2) is 25.0 Å². The fourth-order valence-corrected chi connectivity index (χ4v) is 2.71. The van der Waals surface area contributed by atoms with E-state index >= 15 is 0 Å². The third kappa shape index (κ3) is 2.74. The van der Waals surface area contributed by atoms with E-state index < -0.39 is 0 Å². The number of aryl methyl sites for hydroxylation is 1. The van der Waals surface area contributed by atoms with Crippen LogP contribution in [0.1, 0.15) is 5.56 Å². The van der Waals surface area contributed by atoms with E-state index in [1.54, 1.807) is 4.68 Å². The average Bonchev–Trinajstić information content (AvgIpc) is 3.04. The number of halogens is 1. The molecule has 2 aromatic carbocycles. The quantitative estimate of drug-likeness (QED) is 0.586. The van der Waals surface area contributed by atoms with E-state index in [9.17, 15) is 0 Å². The SMILES string of the molecule is Cc1ccc(Cl)cc1Nc1ncnc(-n2nnc3ccccc32)c1N. The van der Waals surface area contributed by atoms with Crippen molar-refractivity contribution in [2.75, 3.05) is 11.1 Å². The molecule has 8 heteroatoms. The number of anilines is 3. The molecule has 25 heavy (non-hydrogen) atoms. The Bertz CT molecular complexity index is 1070. The lowest BCUT2D eigenvalue weighted by Crippen LogP contribution is -2.09. The molecule has 0 saturated heterocycles. The van der Waals surface area contributed by atoms with Crippen LogP contribution in [0.3, 0.4) is 0 Å². The zero-order chi connectivity index (χ0) is 17.4. The predicted octanol–water partition coefficient (Wildman–Crippen LogP) is 3.50. The summed E-state index contributed by atoms with van der Waals surface area (Å²) in [5.41, 5.74) is 10.1. The topological polar surface area (TPSA) is 94.5 Å². The molecule has 4 rings (SSSR count). The van der Waals surface area contributed by atoms with Gasteiger partial charge in [-0.3, -0.25) is 0 Å². The van der Waals surface area contributed by atoms with Crippen LogP contribution in [0.2, 0.25) is 5.02 Å². The fourth-order valence-electron chi connectivity index (χ4n) is 2.54. The molecule has 4 aromatic rings. The van der Waals surface area contributed by atoms with Gasteiger partial charge in [0.1, 0.15) is 17.5 Å². The minimum absolute atomic E-state index is 0.373. The van der Waals surface area contributed by atoms with Crippen LogP contribution in [0.15, 0.2) is 48.8 Å². The number of fused-ring (bicyclic) bond motifs is 1. The molecule has 0 unspecified atom stereocenters. The highest BCUT2D eigenvalue weighted by Gasteiger charge is 2.14. The van der Waals surface area contributed by atoms with Gasteiger partial charge in [-0.25, -0.2) is 9.97 Å². The van der Waals surface area contributed by atoms with Gasteiger partial charge in [0.25, 0.3) is 0 Å². The van der Waals surface area contributed by atoms with Gasteiger partial charge in [0, 0.05) is 10.7 Å². The van der Waals surface area contributed by atoms with Crippen molar-refractivity contribution in [2.45, 2.75) is 6.92 Å². The minimum Gasteiger partial charge on any atom is -0.393 e. The second-order valence-corrected chi connectivity index (χ2v) is 5.97.